The van der Waals surface area contributed by atoms with Gasteiger partial charge >= 0.3 is 0 Å². The number of rotatable bonds is 6. The van der Waals surface area contributed by atoms with Gasteiger partial charge in [0, 0.05) is 23.8 Å². The van der Waals surface area contributed by atoms with Crippen LogP contribution in [0.25, 0.3) is 0 Å². The van der Waals surface area contributed by atoms with Crippen molar-refractivity contribution in [3.8, 4) is 0 Å². The van der Waals surface area contributed by atoms with E-state index in [4.69, 9.17) is 0 Å². The van der Waals surface area contributed by atoms with Crippen LogP contribution < -0.4 is 16.0 Å². The second kappa shape index (κ2) is 9.39. The highest BCUT2D eigenvalue weighted by atomic mass is 79.9. The van der Waals surface area contributed by atoms with Gasteiger partial charge in [-0.25, -0.2) is 0 Å². The fourth-order valence-corrected chi connectivity index (χ4v) is 2.05. The zero-order valence-corrected chi connectivity index (χ0v) is 14.4. The fraction of sp³-hybridized carbons (Fsp3) is 0.467. The fourth-order valence-electron chi connectivity index (χ4n) is 1.69. The third kappa shape index (κ3) is 6.62. The molecule has 3 N–H and O–H groups in total. The molecule has 0 aromatic heterocycles. The summed E-state index contributed by atoms with van der Waals surface area (Å²) in [4.78, 5) is 16.0. The number of halogens is 1. The Morgan fingerprint density at radius 1 is 1.33 bits per heavy atom. The van der Waals surface area contributed by atoms with Gasteiger partial charge in [0.15, 0.2) is 5.96 Å². The van der Waals surface area contributed by atoms with Crippen LogP contribution in [0.3, 0.4) is 0 Å². The second-order valence-corrected chi connectivity index (χ2v) is 5.63. The smallest absolute Gasteiger partial charge is 0.243 e. The first-order chi connectivity index (χ1) is 10.1. The van der Waals surface area contributed by atoms with Crippen molar-refractivity contribution in [1.82, 2.24) is 10.6 Å². The van der Waals surface area contributed by atoms with E-state index in [2.05, 4.69) is 43.8 Å². The molecule has 0 bridgehead atoms. The second-order valence-electron chi connectivity index (χ2n) is 4.71. The Bertz CT molecular complexity index is 502. The number of nitrogens with zero attached hydrogens (tertiary/aromatic N) is 1. The molecule has 0 saturated heterocycles. The van der Waals surface area contributed by atoms with Crippen molar-refractivity contribution >= 4 is 33.5 Å². The molecule has 1 aromatic carbocycles. The number of aliphatic imine (C=N–C) groups is 1. The SMILES string of the molecule is CCCCNC(=NC)NCC(=O)Nc1cc(Br)ccc1C. The summed E-state index contributed by atoms with van der Waals surface area (Å²) in [6, 6.07) is 5.79. The first kappa shape index (κ1) is 17.5. The molecule has 21 heavy (non-hydrogen) atoms. The maximum absolute atomic E-state index is 12.0. The normalized spacial score (nSPS) is 11.1. The van der Waals surface area contributed by atoms with Crippen LogP contribution in [-0.4, -0.2) is 32.0 Å². The van der Waals surface area contributed by atoms with Crippen molar-refractivity contribution in [3.05, 3.63) is 28.2 Å². The number of unbranched alkanes of at least 4 members (excludes halogenated alkanes) is 1. The molecule has 0 atom stereocenters. The minimum atomic E-state index is -0.102. The average Bonchev–Trinajstić information content (AvgIpc) is 2.46. The van der Waals surface area contributed by atoms with Crippen LogP contribution >= 0.6 is 15.9 Å². The molecular weight excluding hydrogens is 332 g/mol. The minimum absolute atomic E-state index is 0.102. The highest BCUT2D eigenvalue weighted by molar-refractivity contribution is 9.10. The van der Waals surface area contributed by atoms with E-state index in [0.717, 1.165) is 35.1 Å². The number of anilines is 1. The van der Waals surface area contributed by atoms with Crippen LogP contribution in [0, 0.1) is 6.92 Å². The number of guanidine groups is 1. The average molecular weight is 355 g/mol. The highest BCUT2D eigenvalue weighted by Crippen LogP contribution is 2.20. The molecule has 0 aliphatic heterocycles. The van der Waals surface area contributed by atoms with Crippen molar-refractivity contribution < 1.29 is 4.79 Å². The molecule has 116 valence electrons. The Kier molecular flexibility index (Phi) is 7.82. The number of aryl methyl sites for hydroxylation is 1. The van der Waals surface area contributed by atoms with Gasteiger partial charge in [-0.2, -0.15) is 0 Å². The van der Waals surface area contributed by atoms with E-state index >= 15 is 0 Å². The van der Waals surface area contributed by atoms with Crippen LogP contribution in [0.2, 0.25) is 0 Å². The molecule has 0 radical (unpaired) electrons. The van der Waals surface area contributed by atoms with E-state index in [0.29, 0.717) is 5.96 Å². The topological polar surface area (TPSA) is 65.5 Å². The number of carbonyl (C=O) groups excluding carboxylic acids is 1. The molecule has 0 saturated carbocycles. The lowest BCUT2D eigenvalue weighted by molar-refractivity contribution is -0.115. The standard InChI is InChI=1S/C15H23BrN4O/c1-4-5-8-18-15(17-3)19-10-14(21)20-13-9-12(16)7-6-11(13)2/h6-7,9H,4-5,8,10H2,1-3H3,(H,20,21)(H2,17,18,19). The van der Waals surface area contributed by atoms with E-state index < -0.39 is 0 Å². The predicted molar refractivity (Wildman–Crippen MR) is 91.8 cm³/mol. The number of amides is 1. The van der Waals surface area contributed by atoms with Crippen molar-refractivity contribution in [2.24, 2.45) is 4.99 Å². The van der Waals surface area contributed by atoms with Crippen molar-refractivity contribution in [3.63, 3.8) is 0 Å². The van der Waals surface area contributed by atoms with Crippen molar-refractivity contribution in [2.45, 2.75) is 26.7 Å². The van der Waals surface area contributed by atoms with E-state index in [1.54, 1.807) is 7.05 Å². The predicted octanol–water partition coefficient (Wildman–Crippen LogP) is 2.66. The molecule has 6 heteroatoms. The summed E-state index contributed by atoms with van der Waals surface area (Å²) in [6.07, 6.45) is 2.19. The summed E-state index contributed by atoms with van der Waals surface area (Å²) >= 11 is 3.40. The largest absolute Gasteiger partial charge is 0.356 e. The van der Waals surface area contributed by atoms with Gasteiger partial charge in [0.25, 0.3) is 0 Å². The number of hydrogen-bond donors (Lipinski definition) is 3. The zero-order valence-electron chi connectivity index (χ0n) is 12.8. The number of benzene rings is 1. The maximum Gasteiger partial charge on any atom is 0.243 e. The molecule has 0 fully saturated rings. The molecule has 0 aliphatic rings. The zero-order chi connectivity index (χ0) is 15.7. The molecule has 1 amide bonds. The minimum Gasteiger partial charge on any atom is -0.356 e. The van der Waals surface area contributed by atoms with Crippen LogP contribution in [0.1, 0.15) is 25.3 Å². The Hall–Kier alpha value is -1.56. The Balaban J connectivity index is 2.44. The van der Waals surface area contributed by atoms with Crippen molar-refractivity contribution in [2.75, 3.05) is 25.5 Å². The van der Waals surface area contributed by atoms with E-state index in [9.17, 15) is 4.79 Å². The first-order valence-corrected chi connectivity index (χ1v) is 7.86. The summed E-state index contributed by atoms with van der Waals surface area (Å²) in [5.74, 6) is 0.541. The summed E-state index contributed by atoms with van der Waals surface area (Å²) < 4.78 is 0.938. The Labute approximate surface area is 134 Å². The molecule has 1 rings (SSSR count). The summed E-state index contributed by atoms with van der Waals surface area (Å²) in [6.45, 7) is 5.12. The van der Waals surface area contributed by atoms with E-state index in [1.165, 1.54) is 0 Å². The van der Waals surface area contributed by atoms with Gasteiger partial charge in [-0.05, 0) is 31.0 Å². The van der Waals surface area contributed by atoms with Gasteiger partial charge in [-0.3, -0.25) is 9.79 Å². The van der Waals surface area contributed by atoms with Gasteiger partial charge < -0.3 is 16.0 Å². The van der Waals surface area contributed by atoms with Gasteiger partial charge in [-0.1, -0.05) is 35.3 Å². The lowest BCUT2D eigenvalue weighted by Gasteiger charge is -2.12. The lowest BCUT2D eigenvalue weighted by Crippen LogP contribution is -2.41. The molecule has 0 spiro atoms. The third-order valence-electron chi connectivity index (χ3n) is 2.94. The monoisotopic (exact) mass is 354 g/mol. The molecule has 0 heterocycles. The Morgan fingerprint density at radius 3 is 2.76 bits per heavy atom. The number of carbonyl (C=O) groups is 1. The molecule has 0 unspecified atom stereocenters. The van der Waals surface area contributed by atoms with E-state index in [1.807, 2.05) is 25.1 Å². The third-order valence-corrected chi connectivity index (χ3v) is 3.43. The van der Waals surface area contributed by atoms with Crippen LogP contribution in [-0.2, 0) is 4.79 Å². The van der Waals surface area contributed by atoms with Crippen LogP contribution in [0.15, 0.2) is 27.7 Å². The first-order valence-electron chi connectivity index (χ1n) is 7.07. The van der Waals surface area contributed by atoms with Crippen LogP contribution in [0.4, 0.5) is 5.69 Å². The summed E-state index contributed by atoms with van der Waals surface area (Å²) in [5.41, 5.74) is 1.84. The van der Waals surface area contributed by atoms with Gasteiger partial charge in [-0.15, -0.1) is 0 Å². The van der Waals surface area contributed by atoms with Crippen molar-refractivity contribution in [1.29, 1.82) is 0 Å². The lowest BCUT2D eigenvalue weighted by atomic mass is 10.2. The van der Waals surface area contributed by atoms with E-state index in [-0.39, 0.29) is 12.5 Å². The molecule has 0 aliphatic carbocycles. The van der Waals surface area contributed by atoms with Gasteiger partial charge in [0.2, 0.25) is 5.91 Å². The molecular formula is C15H23BrN4O. The Morgan fingerprint density at radius 2 is 2.10 bits per heavy atom. The molecule has 5 nitrogen and oxygen atoms in total. The quantitative estimate of drug-likeness (QED) is 0.418. The number of nitrogens with one attached hydrogen (secondary N) is 3. The van der Waals surface area contributed by atoms with Gasteiger partial charge in [0.1, 0.15) is 0 Å². The number of hydrogen-bond acceptors (Lipinski definition) is 2. The van der Waals surface area contributed by atoms with Crippen LogP contribution in [0.5, 0.6) is 0 Å². The summed E-state index contributed by atoms with van der Waals surface area (Å²) in [5, 5.41) is 9.04. The summed E-state index contributed by atoms with van der Waals surface area (Å²) in [7, 11) is 1.69. The van der Waals surface area contributed by atoms with Gasteiger partial charge in [0.05, 0.1) is 6.54 Å². The maximum atomic E-state index is 12.0. The highest BCUT2D eigenvalue weighted by Gasteiger charge is 2.06. The molecule has 1 aromatic rings.